The van der Waals surface area contributed by atoms with Crippen LogP contribution in [0, 0.1) is 5.92 Å². The number of halogens is 1. The second-order valence-corrected chi connectivity index (χ2v) is 4.68. The molecule has 0 fully saturated rings. The first-order valence-corrected chi connectivity index (χ1v) is 5.47. The third-order valence-corrected chi connectivity index (χ3v) is 3.66. The molecule has 0 spiro atoms. The summed E-state index contributed by atoms with van der Waals surface area (Å²) in [5.41, 5.74) is 2.70. The van der Waals surface area contributed by atoms with E-state index in [4.69, 9.17) is 0 Å². The number of phenols is 1. The molecule has 1 aromatic rings. The van der Waals surface area contributed by atoms with Gasteiger partial charge in [0.15, 0.2) is 0 Å². The third-order valence-electron chi connectivity index (χ3n) is 2.78. The minimum atomic E-state index is 0.369. The zero-order valence-electron chi connectivity index (χ0n) is 7.68. The van der Waals surface area contributed by atoms with Crippen molar-refractivity contribution in [2.24, 2.45) is 5.92 Å². The Morgan fingerprint density at radius 3 is 3.00 bits per heavy atom. The van der Waals surface area contributed by atoms with Crippen molar-refractivity contribution in [3.05, 3.63) is 27.7 Å². The van der Waals surface area contributed by atoms with Crippen molar-refractivity contribution in [1.82, 2.24) is 0 Å². The van der Waals surface area contributed by atoms with Gasteiger partial charge in [-0.15, -0.1) is 0 Å². The smallest absolute Gasteiger partial charge is 0.130 e. The Bertz CT molecular complexity index is 333. The first kappa shape index (κ1) is 9.07. The largest absolute Gasteiger partial charge is 0.507 e. The maximum Gasteiger partial charge on any atom is 0.130 e. The molecule has 1 N–H and O–H groups in total. The van der Waals surface area contributed by atoms with Crippen LogP contribution in [-0.4, -0.2) is 5.11 Å². The van der Waals surface area contributed by atoms with Crippen LogP contribution in [0.4, 0.5) is 0 Å². The summed E-state index contributed by atoms with van der Waals surface area (Å²) in [5.74, 6) is 1.15. The van der Waals surface area contributed by atoms with Gasteiger partial charge in [0.1, 0.15) is 5.75 Å². The Balaban J connectivity index is 2.47. The molecule has 13 heavy (non-hydrogen) atoms. The van der Waals surface area contributed by atoms with Crippen LogP contribution in [0.2, 0.25) is 0 Å². The van der Waals surface area contributed by atoms with Crippen molar-refractivity contribution in [2.75, 3.05) is 0 Å². The summed E-state index contributed by atoms with van der Waals surface area (Å²) in [4.78, 5) is 0. The molecule has 0 heterocycles. The number of fused-ring (bicyclic) bond motifs is 1. The normalized spacial score (nSPS) is 21.2. The Morgan fingerprint density at radius 2 is 2.23 bits per heavy atom. The van der Waals surface area contributed by atoms with E-state index in [1.54, 1.807) is 6.07 Å². The molecule has 0 radical (unpaired) electrons. The van der Waals surface area contributed by atoms with E-state index in [1.807, 2.05) is 6.07 Å². The molecule has 1 atom stereocenters. The molecular formula is C11H13BrO. The number of hydrogen-bond donors (Lipinski definition) is 1. The van der Waals surface area contributed by atoms with Crippen LogP contribution in [0.1, 0.15) is 24.5 Å². The van der Waals surface area contributed by atoms with Gasteiger partial charge in [-0.05, 0) is 58.3 Å². The standard InChI is InChI=1S/C11H13BrO/c1-7-2-4-9-8(6-7)3-5-10(13)11(9)12/h3,5,7,13H,2,4,6H2,1H3. The van der Waals surface area contributed by atoms with Gasteiger partial charge < -0.3 is 5.11 Å². The topological polar surface area (TPSA) is 20.2 Å². The zero-order valence-corrected chi connectivity index (χ0v) is 9.26. The highest BCUT2D eigenvalue weighted by atomic mass is 79.9. The SMILES string of the molecule is CC1CCc2c(ccc(O)c2Br)C1. The molecule has 2 heteroatoms. The van der Waals surface area contributed by atoms with Gasteiger partial charge in [-0.2, -0.15) is 0 Å². The summed E-state index contributed by atoms with van der Waals surface area (Å²) in [6.45, 7) is 2.28. The lowest BCUT2D eigenvalue weighted by Gasteiger charge is -2.22. The van der Waals surface area contributed by atoms with Crippen LogP contribution < -0.4 is 0 Å². The average Bonchev–Trinajstić information content (AvgIpc) is 2.12. The van der Waals surface area contributed by atoms with E-state index < -0.39 is 0 Å². The van der Waals surface area contributed by atoms with Crippen LogP contribution >= 0.6 is 15.9 Å². The van der Waals surface area contributed by atoms with Crippen molar-refractivity contribution in [3.8, 4) is 5.75 Å². The van der Waals surface area contributed by atoms with Gasteiger partial charge in [0.2, 0.25) is 0 Å². The van der Waals surface area contributed by atoms with Crippen molar-refractivity contribution in [3.63, 3.8) is 0 Å². The monoisotopic (exact) mass is 240 g/mol. The molecule has 1 aliphatic carbocycles. The predicted octanol–water partition coefficient (Wildman–Crippen LogP) is 3.28. The molecule has 1 aromatic carbocycles. The number of rotatable bonds is 0. The van der Waals surface area contributed by atoms with Gasteiger partial charge in [0, 0.05) is 0 Å². The van der Waals surface area contributed by atoms with Crippen LogP contribution in [0.25, 0.3) is 0 Å². The first-order chi connectivity index (χ1) is 6.18. The highest BCUT2D eigenvalue weighted by Crippen LogP contribution is 2.35. The van der Waals surface area contributed by atoms with Crippen molar-refractivity contribution < 1.29 is 5.11 Å². The molecule has 1 aliphatic rings. The minimum absolute atomic E-state index is 0.369. The quantitative estimate of drug-likeness (QED) is 0.739. The first-order valence-electron chi connectivity index (χ1n) is 4.67. The van der Waals surface area contributed by atoms with Crippen LogP contribution in [0.3, 0.4) is 0 Å². The number of hydrogen-bond acceptors (Lipinski definition) is 1. The summed E-state index contributed by atoms with van der Waals surface area (Å²) in [5, 5.41) is 9.49. The van der Waals surface area contributed by atoms with E-state index in [0.29, 0.717) is 5.75 Å². The van der Waals surface area contributed by atoms with E-state index in [2.05, 4.69) is 22.9 Å². The van der Waals surface area contributed by atoms with E-state index in [-0.39, 0.29) is 0 Å². The lowest BCUT2D eigenvalue weighted by Crippen LogP contribution is -2.11. The molecule has 0 saturated heterocycles. The van der Waals surface area contributed by atoms with Crippen molar-refractivity contribution in [2.45, 2.75) is 26.2 Å². The highest BCUT2D eigenvalue weighted by Gasteiger charge is 2.18. The van der Waals surface area contributed by atoms with Gasteiger partial charge in [-0.3, -0.25) is 0 Å². The number of aromatic hydroxyl groups is 1. The molecule has 0 saturated carbocycles. The maximum atomic E-state index is 9.49. The van der Waals surface area contributed by atoms with Gasteiger partial charge in [-0.1, -0.05) is 13.0 Å². The van der Waals surface area contributed by atoms with Crippen LogP contribution in [-0.2, 0) is 12.8 Å². The van der Waals surface area contributed by atoms with Crippen LogP contribution in [0.5, 0.6) is 5.75 Å². The molecule has 0 aromatic heterocycles. The fourth-order valence-corrected chi connectivity index (χ4v) is 2.56. The molecule has 1 nitrogen and oxygen atoms in total. The van der Waals surface area contributed by atoms with Crippen LogP contribution in [0.15, 0.2) is 16.6 Å². The Morgan fingerprint density at radius 1 is 1.46 bits per heavy atom. The lowest BCUT2D eigenvalue weighted by atomic mass is 9.85. The molecule has 70 valence electrons. The van der Waals surface area contributed by atoms with E-state index in [1.165, 1.54) is 17.5 Å². The summed E-state index contributed by atoms with van der Waals surface area (Å²) < 4.78 is 0.900. The molecule has 2 rings (SSSR count). The average molecular weight is 241 g/mol. The summed E-state index contributed by atoms with van der Waals surface area (Å²) in [7, 11) is 0. The Labute approximate surface area is 86.9 Å². The number of phenolic OH excluding ortho intramolecular Hbond substituents is 1. The predicted molar refractivity (Wildman–Crippen MR) is 57.0 cm³/mol. The van der Waals surface area contributed by atoms with Gasteiger partial charge >= 0.3 is 0 Å². The van der Waals surface area contributed by atoms with Gasteiger partial charge in [-0.25, -0.2) is 0 Å². The fraction of sp³-hybridized carbons (Fsp3) is 0.455. The van der Waals surface area contributed by atoms with Crippen molar-refractivity contribution >= 4 is 15.9 Å². The molecule has 1 unspecified atom stereocenters. The van der Waals surface area contributed by atoms with Gasteiger partial charge in [0.25, 0.3) is 0 Å². The fourth-order valence-electron chi connectivity index (χ4n) is 1.98. The van der Waals surface area contributed by atoms with Crippen molar-refractivity contribution in [1.29, 1.82) is 0 Å². The zero-order chi connectivity index (χ0) is 9.42. The second kappa shape index (κ2) is 3.33. The lowest BCUT2D eigenvalue weighted by molar-refractivity contribution is 0.462. The maximum absolute atomic E-state index is 9.49. The van der Waals surface area contributed by atoms with E-state index in [9.17, 15) is 5.11 Å². The summed E-state index contributed by atoms with van der Waals surface area (Å²) in [6.07, 6.45) is 3.47. The molecule has 0 amide bonds. The molecule has 0 aliphatic heterocycles. The third kappa shape index (κ3) is 1.60. The van der Waals surface area contributed by atoms with E-state index in [0.717, 1.165) is 23.2 Å². The van der Waals surface area contributed by atoms with Gasteiger partial charge in [0.05, 0.1) is 4.47 Å². The molecule has 0 bridgehead atoms. The molecular weight excluding hydrogens is 228 g/mol. The number of benzene rings is 1. The summed E-state index contributed by atoms with van der Waals surface area (Å²) in [6, 6.07) is 3.83. The minimum Gasteiger partial charge on any atom is -0.507 e. The summed E-state index contributed by atoms with van der Waals surface area (Å²) >= 11 is 3.44. The Hall–Kier alpha value is -0.500. The highest BCUT2D eigenvalue weighted by molar-refractivity contribution is 9.10. The second-order valence-electron chi connectivity index (χ2n) is 3.88. The van der Waals surface area contributed by atoms with E-state index >= 15 is 0 Å². The Kier molecular flexibility index (Phi) is 2.33.